The van der Waals surface area contributed by atoms with E-state index < -0.39 is 0 Å². The number of para-hydroxylation sites is 1. The van der Waals surface area contributed by atoms with E-state index in [1.54, 1.807) is 30.2 Å². The molecule has 0 unspecified atom stereocenters. The molecule has 6 heteroatoms. The molecule has 0 N–H and O–H groups in total. The summed E-state index contributed by atoms with van der Waals surface area (Å²) in [4.78, 5) is 31.3. The Kier molecular flexibility index (Phi) is 6.47. The van der Waals surface area contributed by atoms with Gasteiger partial charge in [-0.15, -0.1) is 11.3 Å². The molecule has 0 aliphatic carbocycles. The monoisotopic (exact) mass is 420 g/mol. The molecule has 30 heavy (non-hydrogen) atoms. The second kappa shape index (κ2) is 9.05. The van der Waals surface area contributed by atoms with Crippen molar-refractivity contribution in [3.63, 3.8) is 0 Å². The predicted molar refractivity (Wildman–Crippen MR) is 122 cm³/mol. The number of carbonyl (C=O) groups is 2. The number of hydrogen-bond acceptors (Lipinski definition) is 5. The summed E-state index contributed by atoms with van der Waals surface area (Å²) in [6, 6.07) is 11.4. The molecular formula is C24H24N2O3S. The van der Waals surface area contributed by atoms with Gasteiger partial charge in [-0.05, 0) is 56.2 Å². The summed E-state index contributed by atoms with van der Waals surface area (Å²) in [5.74, 6) is 0.258. The first-order chi connectivity index (χ1) is 14.3. The molecular weight excluding hydrogens is 396 g/mol. The van der Waals surface area contributed by atoms with Gasteiger partial charge in [-0.3, -0.25) is 14.5 Å². The number of ketones is 1. The minimum atomic E-state index is -0.164. The third-order valence-corrected chi connectivity index (χ3v) is 5.55. The first-order valence-electron chi connectivity index (χ1n) is 9.51. The zero-order valence-corrected chi connectivity index (χ0v) is 18.5. The second-order valence-corrected chi connectivity index (χ2v) is 7.89. The highest BCUT2D eigenvalue weighted by Crippen LogP contribution is 2.34. The first kappa shape index (κ1) is 21.5. The van der Waals surface area contributed by atoms with E-state index >= 15 is 0 Å². The van der Waals surface area contributed by atoms with Crippen LogP contribution in [-0.4, -0.2) is 23.8 Å². The number of allylic oxidation sites excluding steroid dienone is 1. The molecule has 2 aromatic carbocycles. The Hall–Kier alpha value is -3.25. The molecule has 3 rings (SSSR count). The van der Waals surface area contributed by atoms with Crippen molar-refractivity contribution in [1.82, 2.24) is 4.98 Å². The number of amides is 1. The molecule has 0 fully saturated rings. The summed E-state index contributed by atoms with van der Waals surface area (Å²) >= 11 is 1.36. The molecule has 1 aromatic heterocycles. The number of ether oxygens (including phenoxy) is 1. The maximum Gasteiger partial charge on any atom is 0.230 e. The average Bonchev–Trinajstić information content (AvgIpc) is 3.17. The van der Waals surface area contributed by atoms with Crippen LogP contribution in [0, 0.1) is 20.8 Å². The molecule has 0 spiro atoms. The van der Waals surface area contributed by atoms with Crippen molar-refractivity contribution in [2.75, 3.05) is 12.0 Å². The van der Waals surface area contributed by atoms with Crippen molar-refractivity contribution < 1.29 is 14.3 Å². The van der Waals surface area contributed by atoms with Crippen molar-refractivity contribution in [2.45, 2.75) is 27.7 Å². The van der Waals surface area contributed by atoms with Crippen LogP contribution in [0.4, 0.5) is 10.8 Å². The number of nitrogens with zero attached hydrogens (tertiary/aromatic N) is 2. The molecule has 0 radical (unpaired) electrons. The lowest BCUT2D eigenvalue weighted by Gasteiger charge is -2.22. The Morgan fingerprint density at radius 2 is 1.80 bits per heavy atom. The average molecular weight is 421 g/mol. The van der Waals surface area contributed by atoms with Crippen molar-refractivity contribution in [1.29, 1.82) is 0 Å². The van der Waals surface area contributed by atoms with Crippen molar-refractivity contribution in [2.24, 2.45) is 0 Å². The molecule has 0 atom stereocenters. The fraction of sp³-hybridized carbons (Fsp3) is 0.208. The van der Waals surface area contributed by atoms with E-state index in [0.29, 0.717) is 22.1 Å². The molecule has 0 bridgehead atoms. The van der Waals surface area contributed by atoms with E-state index in [-0.39, 0.29) is 11.7 Å². The molecule has 3 aromatic rings. The van der Waals surface area contributed by atoms with Gasteiger partial charge in [0.1, 0.15) is 5.75 Å². The molecule has 0 aliphatic heterocycles. The number of carbonyl (C=O) groups excluding carboxylic acids is 2. The highest BCUT2D eigenvalue weighted by molar-refractivity contribution is 7.14. The minimum absolute atomic E-state index is 0.113. The zero-order valence-electron chi connectivity index (χ0n) is 17.7. The molecule has 0 saturated heterocycles. The number of rotatable bonds is 6. The van der Waals surface area contributed by atoms with Gasteiger partial charge in [0.15, 0.2) is 10.9 Å². The topological polar surface area (TPSA) is 59.5 Å². The lowest BCUT2D eigenvalue weighted by Crippen LogP contribution is -2.24. The van der Waals surface area contributed by atoms with Gasteiger partial charge in [-0.1, -0.05) is 29.8 Å². The van der Waals surface area contributed by atoms with Gasteiger partial charge in [0, 0.05) is 12.3 Å². The van der Waals surface area contributed by atoms with Crippen molar-refractivity contribution >= 4 is 39.9 Å². The zero-order chi connectivity index (χ0) is 21.8. The Morgan fingerprint density at radius 3 is 2.43 bits per heavy atom. The van der Waals surface area contributed by atoms with Crippen LogP contribution < -0.4 is 9.64 Å². The molecule has 1 amide bonds. The summed E-state index contributed by atoms with van der Waals surface area (Å²) < 4.78 is 5.29. The normalized spacial score (nSPS) is 11.0. The van der Waals surface area contributed by atoms with Gasteiger partial charge >= 0.3 is 0 Å². The second-order valence-electron chi connectivity index (χ2n) is 7.05. The Balaban J connectivity index is 1.89. The van der Waals surface area contributed by atoms with Crippen molar-refractivity contribution in [3.05, 3.63) is 75.8 Å². The Bertz CT molecular complexity index is 1110. The summed E-state index contributed by atoms with van der Waals surface area (Å²) in [7, 11) is 1.54. The lowest BCUT2D eigenvalue weighted by molar-refractivity contribution is -0.115. The number of methoxy groups -OCH3 is 1. The van der Waals surface area contributed by atoms with Gasteiger partial charge in [0.2, 0.25) is 5.91 Å². The number of hydrogen-bond donors (Lipinski definition) is 0. The maximum atomic E-state index is 12.7. The van der Waals surface area contributed by atoms with Crippen LogP contribution in [0.5, 0.6) is 5.75 Å². The highest BCUT2D eigenvalue weighted by atomic mass is 32.1. The first-order valence-corrected chi connectivity index (χ1v) is 10.4. The molecule has 0 saturated carbocycles. The molecule has 5 nitrogen and oxygen atoms in total. The number of benzene rings is 2. The highest BCUT2D eigenvalue weighted by Gasteiger charge is 2.21. The summed E-state index contributed by atoms with van der Waals surface area (Å²) in [5.41, 5.74) is 4.95. The quantitative estimate of drug-likeness (QED) is 0.381. The van der Waals surface area contributed by atoms with Crippen LogP contribution in [0.1, 0.15) is 39.7 Å². The number of aryl methyl sites for hydroxylation is 3. The standard InChI is InChI=1S/C24H24N2O3S/c1-15-9-12-22(29-5)20(13-15)21(28)11-10-19-14-30-24(25-19)26(18(4)27)23-16(2)7-6-8-17(23)3/h6-14H,1-5H3/b11-10+. The van der Waals surface area contributed by atoms with Gasteiger partial charge in [0.25, 0.3) is 0 Å². The van der Waals surface area contributed by atoms with Gasteiger partial charge < -0.3 is 4.74 Å². The lowest BCUT2D eigenvalue weighted by atomic mass is 10.1. The van der Waals surface area contributed by atoms with Crippen molar-refractivity contribution in [3.8, 4) is 5.75 Å². The van der Waals surface area contributed by atoms with E-state index in [1.165, 1.54) is 24.3 Å². The maximum absolute atomic E-state index is 12.7. The van der Waals surface area contributed by atoms with Gasteiger partial charge in [-0.25, -0.2) is 4.98 Å². The summed E-state index contributed by atoms with van der Waals surface area (Å²) in [6.45, 7) is 7.40. The van der Waals surface area contributed by atoms with E-state index in [0.717, 1.165) is 22.4 Å². The Morgan fingerprint density at radius 1 is 1.10 bits per heavy atom. The molecule has 154 valence electrons. The summed E-state index contributed by atoms with van der Waals surface area (Å²) in [5, 5.41) is 2.40. The minimum Gasteiger partial charge on any atom is -0.496 e. The van der Waals surface area contributed by atoms with Crippen LogP contribution in [0.3, 0.4) is 0 Å². The van der Waals surface area contributed by atoms with Crippen LogP contribution >= 0.6 is 11.3 Å². The van der Waals surface area contributed by atoms with Crippen LogP contribution in [0.15, 0.2) is 47.9 Å². The summed E-state index contributed by atoms with van der Waals surface area (Å²) in [6.07, 6.45) is 3.14. The van der Waals surface area contributed by atoms with Gasteiger partial charge in [-0.2, -0.15) is 0 Å². The third-order valence-electron chi connectivity index (χ3n) is 4.71. The van der Waals surface area contributed by atoms with Gasteiger partial charge in [0.05, 0.1) is 24.1 Å². The van der Waals surface area contributed by atoms with E-state index in [4.69, 9.17) is 4.74 Å². The van der Waals surface area contributed by atoms with Crippen LogP contribution in [0.25, 0.3) is 6.08 Å². The molecule has 0 aliphatic rings. The van der Waals surface area contributed by atoms with Crippen LogP contribution in [0.2, 0.25) is 0 Å². The smallest absolute Gasteiger partial charge is 0.230 e. The SMILES string of the molecule is COc1ccc(C)cc1C(=O)/C=C/c1csc(N(C(C)=O)c2c(C)cccc2C)n1. The number of thiazole rings is 1. The third kappa shape index (κ3) is 4.49. The van der Waals surface area contributed by atoms with E-state index in [1.807, 2.05) is 50.4 Å². The fourth-order valence-electron chi connectivity index (χ4n) is 3.27. The van der Waals surface area contributed by atoms with E-state index in [2.05, 4.69) is 4.98 Å². The number of anilines is 2. The largest absolute Gasteiger partial charge is 0.496 e. The predicted octanol–water partition coefficient (Wildman–Crippen LogP) is 5.66. The Labute approximate surface area is 180 Å². The van der Waals surface area contributed by atoms with E-state index in [9.17, 15) is 9.59 Å². The molecule has 1 heterocycles. The number of aromatic nitrogens is 1. The fourth-order valence-corrected chi connectivity index (χ4v) is 4.11. The van der Waals surface area contributed by atoms with Crippen LogP contribution in [-0.2, 0) is 4.79 Å².